The Kier molecular flexibility index (Phi) is 3.23. The molecule has 14 heavy (non-hydrogen) atoms. The second-order valence-corrected chi connectivity index (χ2v) is 5.07. The quantitative estimate of drug-likeness (QED) is 0.756. The van der Waals surface area contributed by atoms with E-state index >= 15 is 0 Å². The summed E-state index contributed by atoms with van der Waals surface area (Å²) in [6.45, 7) is 8.53. The lowest BCUT2D eigenvalue weighted by atomic mass is 9.83. The summed E-state index contributed by atoms with van der Waals surface area (Å²) in [5.41, 5.74) is 3.32. The lowest BCUT2D eigenvalue weighted by molar-refractivity contribution is 0.282. The number of aliphatic hydroxyl groups excluding tert-OH is 1. The third-order valence-corrected chi connectivity index (χ3v) is 2.72. The lowest BCUT2D eigenvalue weighted by Gasteiger charge is -2.22. The van der Waals surface area contributed by atoms with Gasteiger partial charge in [-0.25, -0.2) is 0 Å². The Morgan fingerprint density at radius 2 is 1.86 bits per heavy atom. The molecule has 0 aliphatic rings. The lowest BCUT2D eigenvalue weighted by Crippen LogP contribution is -2.13. The molecule has 0 saturated heterocycles. The SMILES string of the molecule is Cc1cc(CO)c(Cl)cc1C(C)(C)C. The molecule has 78 valence electrons. The molecule has 1 aromatic carbocycles. The molecule has 0 atom stereocenters. The van der Waals surface area contributed by atoms with E-state index in [9.17, 15) is 0 Å². The first-order valence-corrected chi connectivity index (χ1v) is 5.14. The number of rotatable bonds is 1. The molecule has 2 heteroatoms. The highest BCUT2D eigenvalue weighted by atomic mass is 35.5. The van der Waals surface area contributed by atoms with Crippen molar-refractivity contribution in [3.8, 4) is 0 Å². The molecule has 0 saturated carbocycles. The van der Waals surface area contributed by atoms with Gasteiger partial charge in [-0.05, 0) is 35.1 Å². The van der Waals surface area contributed by atoms with E-state index in [1.165, 1.54) is 11.1 Å². The average molecular weight is 213 g/mol. The largest absolute Gasteiger partial charge is 0.392 e. The number of aliphatic hydroxyl groups is 1. The zero-order valence-electron chi connectivity index (χ0n) is 9.19. The Labute approximate surface area is 90.7 Å². The maximum atomic E-state index is 9.05. The van der Waals surface area contributed by atoms with Gasteiger partial charge in [0.05, 0.1) is 6.61 Å². The maximum absolute atomic E-state index is 9.05. The Bertz CT molecular complexity index is 337. The van der Waals surface area contributed by atoms with E-state index in [0.717, 1.165) is 5.56 Å². The summed E-state index contributed by atoms with van der Waals surface area (Å²) in [7, 11) is 0. The minimum atomic E-state index is 0.00406. The standard InChI is InChI=1S/C12H17ClO/c1-8-5-9(7-14)11(13)6-10(8)12(2,3)4/h5-6,14H,7H2,1-4H3. The van der Waals surface area contributed by atoms with E-state index in [1.54, 1.807) is 0 Å². The first kappa shape index (κ1) is 11.5. The summed E-state index contributed by atoms with van der Waals surface area (Å²) < 4.78 is 0. The van der Waals surface area contributed by atoms with Gasteiger partial charge in [-0.2, -0.15) is 0 Å². The van der Waals surface area contributed by atoms with E-state index in [-0.39, 0.29) is 12.0 Å². The summed E-state index contributed by atoms with van der Waals surface area (Å²) >= 11 is 6.05. The minimum absolute atomic E-state index is 0.00406. The van der Waals surface area contributed by atoms with E-state index in [2.05, 4.69) is 27.7 Å². The summed E-state index contributed by atoms with van der Waals surface area (Å²) in [6.07, 6.45) is 0. The van der Waals surface area contributed by atoms with Crippen molar-refractivity contribution in [1.82, 2.24) is 0 Å². The third kappa shape index (κ3) is 2.28. The van der Waals surface area contributed by atoms with Crippen molar-refractivity contribution >= 4 is 11.6 Å². The van der Waals surface area contributed by atoms with Crippen LogP contribution in [-0.2, 0) is 12.0 Å². The predicted molar refractivity (Wildman–Crippen MR) is 60.8 cm³/mol. The van der Waals surface area contributed by atoms with Crippen molar-refractivity contribution in [3.05, 3.63) is 33.8 Å². The van der Waals surface area contributed by atoms with Crippen LogP contribution in [0, 0.1) is 6.92 Å². The minimum Gasteiger partial charge on any atom is -0.392 e. The van der Waals surface area contributed by atoms with Crippen molar-refractivity contribution in [3.63, 3.8) is 0 Å². The van der Waals surface area contributed by atoms with Gasteiger partial charge in [-0.15, -0.1) is 0 Å². The fourth-order valence-corrected chi connectivity index (χ4v) is 1.89. The van der Waals surface area contributed by atoms with Gasteiger partial charge in [-0.1, -0.05) is 38.4 Å². The number of halogens is 1. The molecule has 1 rings (SSSR count). The highest BCUT2D eigenvalue weighted by Gasteiger charge is 2.17. The van der Waals surface area contributed by atoms with Crippen molar-refractivity contribution < 1.29 is 5.11 Å². The highest BCUT2D eigenvalue weighted by Crippen LogP contribution is 2.30. The number of aryl methyl sites for hydroxylation is 1. The molecular weight excluding hydrogens is 196 g/mol. The topological polar surface area (TPSA) is 20.2 Å². The molecule has 0 spiro atoms. The maximum Gasteiger partial charge on any atom is 0.0696 e. The van der Waals surface area contributed by atoms with E-state index < -0.39 is 0 Å². The van der Waals surface area contributed by atoms with Gasteiger partial charge in [0.1, 0.15) is 0 Å². The van der Waals surface area contributed by atoms with Crippen LogP contribution in [0.3, 0.4) is 0 Å². The summed E-state index contributed by atoms with van der Waals surface area (Å²) in [4.78, 5) is 0. The molecule has 0 amide bonds. The van der Waals surface area contributed by atoms with Gasteiger partial charge < -0.3 is 5.11 Å². The first-order valence-electron chi connectivity index (χ1n) is 4.76. The van der Waals surface area contributed by atoms with Crippen LogP contribution in [0.15, 0.2) is 12.1 Å². The molecule has 0 radical (unpaired) electrons. The fraction of sp³-hybridized carbons (Fsp3) is 0.500. The van der Waals surface area contributed by atoms with Crippen LogP contribution in [0.25, 0.3) is 0 Å². The van der Waals surface area contributed by atoms with Crippen LogP contribution in [0.1, 0.15) is 37.5 Å². The van der Waals surface area contributed by atoms with Crippen LogP contribution in [0.5, 0.6) is 0 Å². The molecule has 1 nitrogen and oxygen atoms in total. The van der Waals surface area contributed by atoms with Crippen LogP contribution in [0.4, 0.5) is 0 Å². The summed E-state index contributed by atoms with van der Waals surface area (Å²) in [6, 6.07) is 3.92. The zero-order valence-corrected chi connectivity index (χ0v) is 9.94. The number of hydrogen-bond acceptors (Lipinski definition) is 1. The van der Waals surface area contributed by atoms with Gasteiger partial charge in [0.25, 0.3) is 0 Å². The van der Waals surface area contributed by atoms with E-state index in [0.29, 0.717) is 5.02 Å². The first-order chi connectivity index (χ1) is 6.36. The molecule has 0 heterocycles. The molecule has 0 bridgehead atoms. The second-order valence-electron chi connectivity index (χ2n) is 4.67. The van der Waals surface area contributed by atoms with Gasteiger partial charge >= 0.3 is 0 Å². The summed E-state index contributed by atoms with van der Waals surface area (Å²) in [5, 5.41) is 9.71. The highest BCUT2D eigenvalue weighted by molar-refractivity contribution is 6.31. The normalized spacial score (nSPS) is 11.9. The third-order valence-electron chi connectivity index (χ3n) is 2.37. The molecule has 0 aromatic heterocycles. The molecule has 0 unspecified atom stereocenters. The van der Waals surface area contributed by atoms with Crippen LogP contribution in [-0.4, -0.2) is 5.11 Å². The molecular formula is C12H17ClO. The van der Waals surface area contributed by atoms with Crippen molar-refractivity contribution in [2.75, 3.05) is 0 Å². The Balaban J connectivity index is 3.29. The molecule has 1 N–H and O–H groups in total. The average Bonchev–Trinajstić information content (AvgIpc) is 2.06. The predicted octanol–water partition coefficient (Wildman–Crippen LogP) is 3.44. The van der Waals surface area contributed by atoms with Crippen molar-refractivity contribution in [2.24, 2.45) is 0 Å². The van der Waals surface area contributed by atoms with Gasteiger partial charge in [0, 0.05) is 5.02 Å². The molecule has 0 fully saturated rings. The van der Waals surface area contributed by atoms with Crippen LogP contribution in [0.2, 0.25) is 5.02 Å². The van der Waals surface area contributed by atoms with Crippen LogP contribution >= 0.6 is 11.6 Å². The second kappa shape index (κ2) is 3.92. The van der Waals surface area contributed by atoms with E-state index in [1.807, 2.05) is 12.1 Å². The van der Waals surface area contributed by atoms with Gasteiger partial charge in [0.2, 0.25) is 0 Å². The van der Waals surface area contributed by atoms with Crippen molar-refractivity contribution in [1.29, 1.82) is 0 Å². The smallest absolute Gasteiger partial charge is 0.0696 e. The number of hydrogen-bond donors (Lipinski definition) is 1. The molecule has 1 aromatic rings. The Morgan fingerprint density at radius 3 is 2.29 bits per heavy atom. The zero-order chi connectivity index (χ0) is 10.9. The van der Waals surface area contributed by atoms with Gasteiger partial charge in [0.15, 0.2) is 0 Å². The number of benzene rings is 1. The molecule has 0 aliphatic heterocycles. The molecule has 0 aliphatic carbocycles. The summed E-state index contributed by atoms with van der Waals surface area (Å²) in [5.74, 6) is 0. The monoisotopic (exact) mass is 212 g/mol. The Morgan fingerprint density at radius 1 is 1.29 bits per heavy atom. The Hall–Kier alpha value is -0.530. The van der Waals surface area contributed by atoms with Crippen LogP contribution < -0.4 is 0 Å². The van der Waals surface area contributed by atoms with Crippen molar-refractivity contribution in [2.45, 2.75) is 39.7 Å². The van der Waals surface area contributed by atoms with Gasteiger partial charge in [-0.3, -0.25) is 0 Å². The van der Waals surface area contributed by atoms with E-state index in [4.69, 9.17) is 16.7 Å². The fourth-order valence-electron chi connectivity index (χ4n) is 1.67.